The summed E-state index contributed by atoms with van der Waals surface area (Å²) in [6.45, 7) is 0. The van der Waals surface area contributed by atoms with Crippen molar-refractivity contribution in [3.8, 4) is 5.75 Å². The highest BCUT2D eigenvalue weighted by atomic mass is 16.5. The first-order chi connectivity index (χ1) is 7.29. The van der Waals surface area contributed by atoms with Crippen molar-refractivity contribution < 1.29 is 14.3 Å². The topological polar surface area (TPSA) is 35.5 Å². The molecule has 1 aliphatic rings. The summed E-state index contributed by atoms with van der Waals surface area (Å²) in [4.78, 5) is 11.0. The number of allylic oxidation sites excluding steroid dienone is 1. The van der Waals surface area contributed by atoms with E-state index in [1.54, 1.807) is 6.08 Å². The first-order valence-electron chi connectivity index (χ1n) is 4.54. The highest BCUT2D eigenvalue weighted by Gasteiger charge is 2.09. The largest absolute Gasteiger partial charge is 0.466 e. The van der Waals surface area contributed by atoms with Crippen LogP contribution in [0.1, 0.15) is 5.56 Å². The lowest BCUT2D eigenvalue weighted by Crippen LogP contribution is -2.03. The molecule has 2 rings (SSSR count). The van der Waals surface area contributed by atoms with E-state index in [0.717, 1.165) is 11.3 Å². The van der Waals surface area contributed by atoms with Crippen molar-refractivity contribution in [3.63, 3.8) is 0 Å². The number of rotatable bonds is 1. The zero-order valence-electron chi connectivity index (χ0n) is 8.27. The van der Waals surface area contributed by atoms with Gasteiger partial charge >= 0.3 is 5.97 Å². The van der Waals surface area contributed by atoms with E-state index in [1.807, 2.05) is 30.3 Å². The van der Waals surface area contributed by atoms with E-state index in [4.69, 9.17) is 4.74 Å². The van der Waals surface area contributed by atoms with Crippen molar-refractivity contribution >= 4 is 12.0 Å². The fourth-order valence-corrected chi connectivity index (χ4v) is 1.30. The van der Waals surface area contributed by atoms with E-state index in [9.17, 15) is 4.79 Å². The van der Waals surface area contributed by atoms with Gasteiger partial charge in [0.15, 0.2) is 0 Å². The molecule has 1 aromatic rings. The Morgan fingerprint density at radius 1 is 1.33 bits per heavy atom. The lowest BCUT2D eigenvalue weighted by Gasteiger charge is -2.13. The van der Waals surface area contributed by atoms with Gasteiger partial charge < -0.3 is 9.47 Å². The lowest BCUT2D eigenvalue weighted by molar-refractivity contribution is -0.134. The summed E-state index contributed by atoms with van der Waals surface area (Å²) >= 11 is 0. The number of para-hydroxylation sites is 1. The van der Waals surface area contributed by atoms with E-state index in [-0.39, 0.29) is 0 Å². The quantitative estimate of drug-likeness (QED) is 0.517. The van der Waals surface area contributed by atoms with Gasteiger partial charge in [0.05, 0.1) is 13.2 Å². The second kappa shape index (κ2) is 4.00. The monoisotopic (exact) mass is 202 g/mol. The van der Waals surface area contributed by atoms with Crippen LogP contribution in [0.3, 0.4) is 0 Å². The minimum atomic E-state index is -0.422. The second-order valence-electron chi connectivity index (χ2n) is 3.04. The highest BCUT2D eigenvalue weighted by Crippen LogP contribution is 2.26. The molecule has 1 aromatic carbocycles. The Hall–Kier alpha value is -2.03. The highest BCUT2D eigenvalue weighted by molar-refractivity contribution is 5.83. The molecule has 76 valence electrons. The van der Waals surface area contributed by atoms with Crippen LogP contribution in [0.4, 0.5) is 0 Å². The van der Waals surface area contributed by atoms with Crippen molar-refractivity contribution in [1.29, 1.82) is 0 Å². The normalized spacial score (nSPS) is 15.7. The van der Waals surface area contributed by atoms with Crippen LogP contribution in [0, 0.1) is 0 Å². The van der Waals surface area contributed by atoms with Gasteiger partial charge in [-0.3, -0.25) is 0 Å². The summed E-state index contributed by atoms with van der Waals surface area (Å²) in [5.74, 6) is 0.810. The minimum Gasteiger partial charge on any atom is -0.466 e. The van der Waals surface area contributed by atoms with Crippen LogP contribution in [-0.4, -0.2) is 13.1 Å². The summed E-state index contributed by atoms with van der Waals surface area (Å²) in [7, 11) is 1.33. The van der Waals surface area contributed by atoms with Crippen LogP contribution < -0.4 is 4.74 Å². The smallest absolute Gasteiger partial charge is 0.334 e. The number of methoxy groups -OCH3 is 1. The van der Waals surface area contributed by atoms with Gasteiger partial charge in [0.25, 0.3) is 0 Å². The van der Waals surface area contributed by atoms with Crippen LogP contribution in [0.2, 0.25) is 0 Å². The Morgan fingerprint density at radius 2 is 2.13 bits per heavy atom. The Bertz CT molecular complexity index is 444. The summed E-state index contributed by atoms with van der Waals surface area (Å²) in [5, 5.41) is 0. The Morgan fingerprint density at radius 3 is 2.93 bits per heavy atom. The number of benzene rings is 1. The van der Waals surface area contributed by atoms with E-state index in [0.29, 0.717) is 5.76 Å². The molecule has 0 amide bonds. The van der Waals surface area contributed by atoms with Crippen LogP contribution >= 0.6 is 0 Å². The van der Waals surface area contributed by atoms with Gasteiger partial charge in [-0.15, -0.1) is 0 Å². The standard InChI is InChI=1S/C12H10O3/c1-14-12(13)8-10-7-6-9-4-2-3-5-11(9)15-10/h2-8H,1H3/b10-8+. The fourth-order valence-electron chi connectivity index (χ4n) is 1.30. The molecule has 0 fully saturated rings. The summed E-state index contributed by atoms with van der Waals surface area (Å²) in [6, 6.07) is 7.61. The third-order valence-corrected chi connectivity index (χ3v) is 2.04. The number of carbonyl (C=O) groups is 1. The molecular weight excluding hydrogens is 192 g/mol. The van der Waals surface area contributed by atoms with Crippen molar-refractivity contribution in [2.75, 3.05) is 7.11 Å². The molecule has 0 bridgehead atoms. The lowest BCUT2D eigenvalue weighted by atomic mass is 10.1. The molecule has 0 N–H and O–H groups in total. The molecule has 0 spiro atoms. The summed E-state index contributed by atoms with van der Waals surface area (Å²) < 4.78 is 9.99. The SMILES string of the molecule is COC(=O)/C=C1\C=Cc2ccccc2O1. The molecule has 0 unspecified atom stereocenters. The van der Waals surface area contributed by atoms with Gasteiger partial charge in [-0.1, -0.05) is 18.2 Å². The maximum atomic E-state index is 11.0. The van der Waals surface area contributed by atoms with E-state index in [1.165, 1.54) is 13.2 Å². The molecule has 3 heteroatoms. The van der Waals surface area contributed by atoms with E-state index >= 15 is 0 Å². The van der Waals surface area contributed by atoms with Gasteiger partial charge in [-0.25, -0.2) is 4.79 Å². The molecule has 0 saturated carbocycles. The molecule has 0 radical (unpaired) electrons. The first kappa shape index (κ1) is 9.52. The Kier molecular flexibility index (Phi) is 2.54. The molecule has 0 aromatic heterocycles. The van der Waals surface area contributed by atoms with Crippen molar-refractivity contribution in [2.45, 2.75) is 0 Å². The molecule has 1 aliphatic heterocycles. The summed E-state index contributed by atoms with van der Waals surface area (Å²) in [5.41, 5.74) is 1.000. The maximum Gasteiger partial charge on any atom is 0.334 e. The van der Waals surface area contributed by atoms with Crippen LogP contribution in [-0.2, 0) is 9.53 Å². The van der Waals surface area contributed by atoms with Crippen molar-refractivity contribution in [3.05, 3.63) is 47.7 Å². The van der Waals surface area contributed by atoms with Crippen molar-refractivity contribution in [2.24, 2.45) is 0 Å². The average molecular weight is 202 g/mol. The molecule has 0 atom stereocenters. The second-order valence-corrected chi connectivity index (χ2v) is 3.04. The fraction of sp³-hybridized carbons (Fsp3) is 0.0833. The van der Waals surface area contributed by atoms with E-state index < -0.39 is 5.97 Å². The Labute approximate surface area is 87.6 Å². The Balaban J connectivity index is 2.26. The third-order valence-electron chi connectivity index (χ3n) is 2.04. The van der Waals surface area contributed by atoms with Gasteiger partial charge in [0.1, 0.15) is 11.5 Å². The van der Waals surface area contributed by atoms with Gasteiger partial charge in [0, 0.05) is 5.56 Å². The van der Waals surface area contributed by atoms with Crippen LogP contribution in [0.15, 0.2) is 42.2 Å². The predicted octanol–water partition coefficient (Wildman–Crippen LogP) is 2.15. The van der Waals surface area contributed by atoms with E-state index in [2.05, 4.69) is 4.74 Å². The van der Waals surface area contributed by atoms with Crippen LogP contribution in [0.5, 0.6) is 5.75 Å². The molecule has 1 heterocycles. The maximum absolute atomic E-state index is 11.0. The zero-order chi connectivity index (χ0) is 10.7. The minimum absolute atomic E-state index is 0.422. The van der Waals surface area contributed by atoms with Crippen LogP contribution in [0.25, 0.3) is 6.08 Å². The van der Waals surface area contributed by atoms with Gasteiger partial charge in [-0.2, -0.15) is 0 Å². The number of hydrogen-bond acceptors (Lipinski definition) is 3. The zero-order valence-corrected chi connectivity index (χ0v) is 8.27. The molecular formula is C12H10O3. The summed E-state index contributed by atoms with van der Waals surface area (Å²) in [6.07, 6.45) is 4.94. The average Bonchev–Trinajstić information content (AvgIpc) is 2.29. The molecule has 15 heavy (non-hydrogen) atoms. The predicted molar refractivity (Wildman–Crippen MR) is 56.2 cm³/mol. The molecule has 3 nitrogen and oxygen atoms in total. The van der Waals surface area contributed by atoms with Gasteiger partial charge in [0.2, 0.25) is 0 Å². The van der Waals surface area contributed by atoms with Crippen molar-refractivity contribution in [1.82, 2.24) is 0 Å². The first-order valence-corrected chi connectivity index (χ1v) is 4.54. The third kappa shape index (κ3) is 2.07. The number of ether oxygens (including phenoxy) is 2. The number of fused-ring (bicyclic) bond motifs is 1. The number of hydrogen-bond donors (Lipinski definition) is 0. The number of carbonyl (C=O) groups excluding carboxylic acids is 1. The molecule has 0 saturated heterocycles. The van der Waals surface area contributed by atoms with Gasteiger partial charge in [-0.05, 0) is 18.2 Å². The number of esters is 1. The molecule has 0 aliphatic carbocycles.